The van der Waals surface area contributed by atoms with E-state index < -0.39 is 0 Å². The molecule has 1 rings (SSSR count). The molecule has 1 atom stereocenters. The van der Waals surface area contributed by atoms with Crippen molar-refractivity contribution in [2.75, 3.05) is 6.54 Å². The Kier molecular flexibility index (Phi) is 5.66. The van der Waals surface area contributed by atoms with E-state index in [2.05, 4.69) is 36.2 Å². The van der Waals surface area contributed by atoms with Gasteiger partial charge >= 0.3 is 0 Å². The summed E-state index contributed by atoms with van der Waals surface area (Å²) < 4.78 is 2.03. The second kappa shape index (κ2) is 7.08. The van der Waals surface area contributed by atoms with Crippen molar-refractivity contribution in [2.45, 2.75) is 45.7 Å². The number of rotatable bonds is 7. The largest absolute Gasteiger partial charge is 0.311 e. The topological polar surface area (TPSA) is 29.9 Å². The number of nitrogens with one attached hydrogen (secondary N) is 1. The van der Waals surface area contributed by atoms with Crippen LogP contribution < -0.4 is 5.32 Å². The van der Waals surface area contributed by atoms with Crippen LogP contribution in [0.25, 0.3) is 0 Å². The zero-order valence-electron chi connectivity index (χ0n) is 10.2. The maximum atomic E-state index is 5.18. The number of hydrogen-bond donors (Lipinski definition) is 1. The molecule has 0 aliphatic heterocycles. The SMILES string of the molecule is C#CCCCNCc1ccn(C(C)CC)n1. The first-order valence-electron chi connectivity index (χ1n) is 5.96. The Bertz CT molecular complexity index is 335. The van der Waals surface area contributed by atoms with E-state index in [-0.39, 0.29) is 0 Å². The highest BCUT2D eigenvalue weighted by Gasteiger charge is 2.03. The summed E-state index contributed by atoms with van der Waals surface area (Å²) in [5.41, 5.74) is 1.10. The molecule has 0 aromatic carbocycles. The van der Waals surface area contributed by atoms with E-state index in [0.717, 1.165) is 38.0 Å². The Hall–Kier alpha value is -1.27. The minimum Gasteiger partial charge on any atom is -0.311 e. The molecular formula is C13H21N3. The fourth-order valence-corrected chi connectivity index (χ4v) is 1.44. The maximum Gasteiger partial charge on any atom is 0.0762 e. The summed E-state index contributed by atoms with van der Waals surface area (Å²) in [6.45, 7) is 6.13. The van der Waals surface area contributed by atoms with E-state index in [1.807, 2.05) is 10.9 Å². The van der Waals surface area contributed by atoms with Gasteiger partial charge in [-0.05, 0) is 32.4 Å². The molecule has 1 heterocycles. The smallest absolute Gasteiger partial charge is 0.0762 e. The third-order valence-electron chi connectivity index (χ3n) is 2.69. The van der Waals surface area contributed by atoms with Crippen LogP contribution in [0, 0.1) is 12.3 Å². The molecule has 0 saturated heterocycles. The summed E-state index contributed by atoms with van der Waals surface area (Å²) in [5.74, 6) is 2.63. The molecular weight excluding hydrogens is 198 g/mol. The van der Waals surface area contributed by atoms with Crippen molar-refractivity contribution in [3.8, 4) is 12.3 Å². The Labute approximate surface area is 98.2 Å². The van der Waals surface area contributed by atoms with Crippen molar-refractivity contribution in [1.29, 1.82) is 0 Å². The van der Waals surface area contributed by atoms with Gasteiger partial charge in [-0.25, -0.2) is 0 Å². The highest BCUT2D eigenvalue weighted by Crippen LogP contribution is 2.08. The molecule has 16 heavy (non-hydrogen) atoms. The molecule has 0 aliphatic carbocycles. The fraction of sp³-hybridized carbons (Fsp3) is 0.615. The van der Waals surface area contributed by atoms with Crippen LogP contribution in [0.1, 0.15) is 44.8 Å². The van der Waals surface area contributed by atoms with Crippen LogP contribution in [0.2, 0.25) is 0 Å². The predicted molar refractivity (Wildman–Crippen MR) is 67.0 cm³/mol. The molecule has 0 spiro atoms. The molecule has 88 valence electrons. The second-order valence-corrected chi connectivity index (χ2v) is 4.03. The lowest BCUT2D eigenvalue weighted by Gasteiger charge is -2.08. The average molecular weight is 219 g/mol. The van der Waals surface area contributed by atoms with Crippen molar-refractivity contribution < 1.29 is 0 Å². The highest BCUT2D eigenvalue weighted by molar-refractivity contribution is 4.99. The lowest BCUT2D eigenvalue weighted by molar-refractivity contribution is 0.471. The molecule has 1 aromatic rings. The first kappa shape index (κ1) is 12.8. The summed E-state index contributed by atoms with van der Waals surface area (Å²) >= 11 is 0. The minimum absolute atomic E-state index is 0.482. The van der Waals surface area contributed by atoms with E-state index in [1.54, 1.807) is 0 Å². The highest BCUT2D eigenvalue weighted by atomic mass is 15.3. The third kappa shape index (κ3) is 4.08. The molecule has 0 fully saturated rings. The van der Waals surface area contributed by atoms with Crippen LogP contribution in [0.15, 0.2) is 12.3 Å². The molecule has 1 unspecified atom stereocenters. The van der Waals surface area contributed by atoms with Gasteiger partial charge in [-0.3, -0.25) is 4.68 Å². The molecule has 3 heteroatoms. The average Bonchev–Trinajstić information content (AvgIpc) is 2.76. The van der Waals surface area contributed by atoms with Gasteiger partial charge in [0.25, 0.3) is 0 Å². The van der Waals surface area contributed by atoms with Gasteiger partial charge in [0.1, 0.15) is 0 Å². The molecule has 3 nitrogen and oxygen atoms in total. The lowest BCUT2D eigenvalue weighted by atomic mass is 10.3. The first-order valence-corrected chi connectivity index (χ1v) is 5.96. The van der Waals surface area contributed by atoms with E-state index in [4.69, 9.17) is 6.42 Å². The molecule has 0 radical (unpaired) electrons. The van der Waals surface area contributed by atoms with Gasteiger partial charge in [-0.2, -0.15) is 5.10 Å². The number of hydrogen-bond acceptors (Lipinski definition) is 2. The molecule has 0 aliphatic rings. The number of nitrogens with zero attached hydrogens (tertiary/aromatic N) is 2. The van der Waals surface area contributed by atoms with Crippen molar-refractivity contribution in [1.82, 2.24) is 15.1 Å². The summed E-state index contributed by atoms with van der Waals surface area (Å²) in [6.07, 6.45) is 10.2. The standard InChI is InChI=1S/C13H21N3/c1-4-6-7-9-14-11-13-8-10-16(15-13)12(3)5-2/h1,8,10,12,14H,5-7,9,11H2,2-3H3. The summed E-state index contributed by atoms with van der Waals surface area (Å²) in [4.78, 5) is 0. The van der Waals surface area contributed by atoms with Gasteiger partial charge < -0.3 is 5.32 Å². The molecule has 0 amide bonds. The van der Waals surface area contributed by atoms with Crippen molar-refractivity contribution in [3.05, 3.63) is 18.0 Å². The molecule has 1 N–H and O–H groups in total. The molecule has 0 saturated carbocycles. The Morgan fingerprint density at radius 2 is 2.44 bits per heavy atom. The summed E-state index contributed by atoms with van der Waals surface area (Å²) in [6, 6.07) is 2.55. The Morgan fingerprint density at radius 1 is 1.62 bits per heavy atom. The Morgan fingerprint density at radius 3 is 3.12 bits per heavy atom. The zero-order valence-corrected chi connectivity index (χ0v) is 10.2. The fourth-order valence-electron chi connectivity index (χ4n) is 1.44. The van der Waals surface area contributed by atoms with Gasteiger partial charge in [0, 0.05) is 25.2 Å². The number of aromatic nitrogens is 2. The second-order valence-electron chi connectivity index (χ2n) is 4.03. The van der Waals surface area contributed by atoms with E-state index in [1.165, 1.54) is 0 Å². The van der Waals surface area contributed by atoms with Gasteiger partial charge in [-0.15, -0.1) is 12.3 Å². The van der Waals surface area contributed by atoms with E-state index in [9.17, 15) is 0 Å². The van der Waals surface area contributed by atoms with Crippen molar-refractivity contribution in [3.63, 3.8) is 0 Å². The predicted octanol–water partition coefficient (Wildman–Crippen LogP) is 2.36. The first-order chi connectivity index (χ1) is 7.77. The summed E-state index contributed by atoms with van der Waals surface area (Å²) in [7, 11) is 0. The number of terminal acetylenes is 1. The van der Waals surface area contributed by atoms with E-state index >= 15 is 0 Å². The molecule has 1 aromatic heterocycles. The van der Waals surface area contributed by atoms with Crippen LogP contribution in [-0.4, -0.2) is 16.3 Å². The zero-order chi connectivity index (χ0) is 11.8. The number of unbranched alkanes of at least 4 members (excludes halogenated alkanes) is 1. The normalized spacial score (nSPS) is 12.3. The van der Waals surface area contributed by atoms with Gasteiger partial charge in [0.2, 0.25) is 0 Å². The van der Waals surface area contributed by atoms with Crippen LogP contribution in [0.3, 0.4) is 0 Å². The maximum absolute atomic E-state index is 5.18. The summed E-state index contributed by atoms with van der Waals surface area (Å²) in [5, 5.41) is 7.85. The van der Waals surface area contributed by atoms with Crippen LogP contribution in [0.5, 0.6) is 0 Å². The lowest BCUT2D eigenvalue weighted by Crippen LogP contribution is -2.15. The molecule has 0 bridgehead atoms. The Balaban J connectivity index is 2.27. The quantitative estimate of drug-likeness (QED) is 0.563. The third-order valence-corrected chi connectivity index (χ3v) is 2.69. The van der Waals surface area contributed by atoms with Crippen LogP contribution in [-0.2, 0) is 6.54 Å². The van der Waals surface area contributed by atoms with Gasteiger partial charge in [0.15, 0.2) is 0 Å². The van der Waals surface area contributed by atoms with Gasteiger partial charge in [-0.1, -0.05) is 6.92 Å². The monoisotopic (exact) mass is 219 g/mol. The van der Waals surface area contributed by atoms with E-state index in [0.29, 0.717) is 6.04 Å². The van der Waals surface area contributed by atoms with Crippen LogP contribution >= 0.6 is 0 Å². The van der Waals surface area contributed by atoms with Crippen molar-refractivity contribution >= 4 is 0 Å². The van der Waals surface area contributed by atoms with Crippen LogP contribution in [0.4, 0.5) is 0 Å². The minimum atomic E-state index is 0.482. The van der Waals surface area contributed by atoms with Gasteiger partial charge in [0.05, 0.1) is 5.69 Å². The van der Waals surface area contributed by atoms with Crippen molar-refractivity contribution in [2.24, 2.45) is 0 Å².